The molecule has 10 heavy (non-hydrogen) atoms. The molecule has 0 amide bonds. The number of hydrogen-bond donors (Lipinski definition) is 0. The third-order valence-corrected chi connectivity index (χ3v) is 7.94. The first-order valence-corrected chi connectivity index (χ1v) is 13.7. The van der Waals surface area contributed by atoms with E-state index >= 15 is 0 Å². The van der Waals surface area contributed by atoms with Gasteiger partial charge in [-0.1, -0.05) is 0 Å². The van der Waals surface area contributed by atoms with Crippen molar-refractivity contribution in [1.29, 1.82) is 0 Å². The van der Waals surface area contributed by atoms with E-state index in [1.165, 1.54) is 12.0 Å². The molecule has 0 aromatic heterocycles. The maximum absolute atomic E-state index is 3.64. The topological polar surface area (TPSA) is 0 Å². The molecule has 0 nitrogen and oxygen atoms in total. The van der Waals surface area contributed by atoms with Crippen molar-refractivity contribution in [2.24, 2.45) is 0 Å². The molecule has 0 saturated carbocycles. The first-order valence-electron chi connectivity index (χ1n) is 3.33. The molecule has 2 radical (unpaired) electrons. The van der Waals surface area contributed by atoms with E-state index in [4.69, 9.17) is 0 Å². The SMILES string of the molecule is CCc1cccc[c]1[Pb][Br]. The Labute approximate surface area is 79.5 Å². The van der Waals surface area contributed by atoms with Crippen molar-refractivity contribution < 1.29 is 0 Å². The van der Waals surface area contributed by atoms with E-state index in [-0.39, 0.29) is 0 Å². The van der Waals surface area contributed by atoms with Gasteiger partial charge in [0, 0.05) is 0 Å². The fraction of sp³-hybridized carbons (Fsp3) is 0.250. The van der Waals surface area contributed by atoms with Gasteiger partial charge >= 0.3 is 80.1 Å². The van der Waals surface area contributed by atoms with Crippen molar-refractivity contribution in [2.45, 2.75) is 13.3 Å². The Morgan fingerprint density at radius 2 is 2.10 bits per heavy atom. The van der Waals surface area contributed by atoms with Crippen LogP contribution in [0.2, 0.25) is 0 Å². The predicted molar refractivity (Wildman–Crippen MR) is 50.1 cm³/mol. The minimum absolute atomic E-state index is 0.578. The van der Waals surface area contributed by atoms with Crippen LogP contribution in [-0.4, -0.2) is 21.8 Å². The molecular weight excluding hydrogens is 383 g/mol. The summed E-state index contributed by atoms with van der Waals surface area (Å²) in [5, 5.41) is 0. The Bertz CT molecular complexity index is 187. The zero-order valence-corrected chi connectivity index (χ0v) is 11.4. The van der Waals surface area contributed by atoms with Gasteiger partial charge in [0.1, 0.15) is 0 Å². The van der Waals surface area contributed by atoms with Crippen LogP contribution in [0.5, 0.6) is 0 Å². The molecule has 0 bridgehead atoms. The van der Waals surface area contributed by atoms with Gasteiger partial charge in [-0.25, -0.2) is 0 Å². The molecule has 1 aromatic carbocycles. The van der Waals surface area contributed by atoms with E-state index < -0.39 is 21.8 Å². The summed E-state index contributed by atoms with van der Waals surface area (Å²) in [6.07, 6.45) is 1.18. The third kappa shape index (κ3) is 2.05. The Kier molecular flexibility index (Phi) is 3.91. The maximum atomic E-state index is 3.64. The van der Waals surface area contributed by atoms with Crippen molar-refractivity contribution in [3.8, 4) is 0 Å². The monoisotopic (exact) mass is 392 g/mol. The fourth-order valence-electron chi connectivity index (χ4n) is 0.921. The van der Waals surface area contributed by atoms with Crippen LogP contribution in [0, 0.1) is 0 Å². The van der Waals surface area contributed by atoms with E-state index in [0.717, 1.165) is 0 Å². The molecule has 1 rings (SSSR count). The van der Waals surface area contributed by atoms with Gasteiger partial charge in [-0.15, -0.1) is 0 Å². The summed E-state index contributed by atoms with van der Waals surface area (Å²) in [6, 6.07) is 8.72. The molecule has 1 aromatic rings. The first-order chi connectivity index (χ1) is 4.88. The first kappa shape index (κ1) is 8.72. The van der Waals surface area contributed by atoms with Gasteiger partial charge in [0.15, 0.2) is 0 Å². The fourth-order valence-corrected chi connectivity index (χ4v) is 6.42. The molecule has 0 atom stereocenters. The standard InChI is InChI=1S/C8H9.BrH.Pb/c1-2-8-6-4-3-5-7-8;;/h3-6H,2H2,1H3;1H;/q;;+1/p-1. The molecule has 2 heteroatoms. The van der Waals surface area contributed by atoms with E-state index in [0.29, 0.717) is 0 Å². The third-order valence-electron chi connectivity index (χ3n) is 1.50. The summed E-state index contributed by atoms with van der Waals surface area (Å²) >= 11 is 3.07. The number of hydrogen-bond acceptors (Lipinski definition) is 0. The second-order valence-electron chi connectivity index (χ2n) is 2.11. The van der Waals surface area contributed by atoms with Gasteiger partial charge in [0.25, 0.3) is 0 Å². The molecule has 0 spiro atoms. The summed E-state index contributed by atoms with van der Waals surface area (Å²) in [4.78, 5) is 0. The van der Waals surface area contributed by atoms with Crippen molar-refractivity contribution >= 4 is 36.9 Å². The van der Waals surface area contributed by atoms with Crippen molar-refractivity contribution in [3.05, 3.63) is 29.8 Å². The van der Waals surface area contributed by atoms with E-state index in [1.54, 1.807) is 3.12 Å². The molecule has 0 aliphatic carbocycles. The summed E-state index contributed by atoms with van der Waals surface area (Å²) in [5.41, 5.74) is 1.53. The Hall–Kier alpha value is 0.622. The van der Waals surface area contributed by atoms with Crippen molar-refractivity contribution in [2.75, 3.05) is 0 Å². The van der Waals surface area contributed by atoms with Crippen LogP contribution in [-0.2, 0) is 6.42 Å². The van der Waals surface area contributed by atoms with Crippen LogP contribution in [0.3, 0.4) is 0 Å². The Morgan fingerprint density at radius 1 is 1.40 bits per heavy atom. The van der Waals surface area contributed by atoms with Crippen LogP contribution < -0.4 is 3.12 Å². The van der Waals surface area contributed by atoms with Gasteiger partial charge in [0.05, 0.1) is 0 Å². The molecular formula is C8H9BrPb. The second kappa shape index (κ2) is 4.49. The summed E-state index contributed by atoms with van der Waals surface area (Å²) < 4.78 is 1.60. The zero-order valence-electron chi connectivity index (χ0n) is 5.89. The van der Waals surface area contributed by atoms with Gasteiger partial charge in [0.2, 0.25) is 0 Å². The van der Waals surface area contributed by atoms with Crippen molar-refractivity contribution in [3.63, 3.8) is 0 Å². The Balaban J connectivity index is 2.96. The number of aryl methyl sites for hydroxylation is 1. The minimum atomic E-state index is -0.578. The molecule has 52 valence electrons. The van der Waals surface area contributed by atoms with Gasteiger partial charge in [-0.2, -0.15) is 0 Å². The molecule has 0 aliphatic heterocycles. The molecule has 0 heterocycles. The number of benzene rings is 1. The summed E-state index contributed by atoms with van der Waals surface area (Å²) in [7, 11) is 0. The van der Waals surface area contributed by atoms with Gasteiger partial charge < -0.3 is 0 Å². The number of rotatable bonds is 2. The summed E-state index contributed by atoms with van der Waals surface area (Å²) in [5.74, 6) is 0. The molecule has 0 N–H and O–H groups in total. The van der Waals surface area contributed by atoms with E-state index in [1.807, 2.05) is 0 Å². The van der Waals surface area contributed by atoms with Crippen LogP contribution in [0.25, 0.3) is 0 Å². The zero-order chi connectivity index (χ0) is 7.40. The van der Waals surface area contributed by atoms with Crippen LogP contribution in [0.15, 0.2) is 24.3 Å². The molecule has 0 aliphatic rings. The quantitative estimate of drug-likeness (QED) is 0.675. The van der Waals surface area contributed by atoms with Crippen LogP contribution in [0.1, 0.15) is 12.5 Å². The van der Waals surface area contributed by atoms with Gasteiger partial charge in [-0.05, 0) is 0 Å². The second-order valence-corrected chi connectivity index (χ2v) is 8.41. The Morgan fingerprint density at radius 3 is 2.60 bits per heavy atom. The molecule has 0 unspecified atom stereocenters. The predicted octanol–water partition coefficient (Wildman–Crippen LogP) is 1.89. The number of halogens is 1. The van der Waals surface area contributed by atoms with Gasteiger partial charge in [-0.3, -0.25) is 0 Å². The van der Waals surface area contributed by atoms with Crippen LogP contribution in [0.4, 0.5) is 0 Å². The van der Waals surface area contributed by atoms with Crippen LogP contribution >= 0.6 is 12.0 Å². The van der Waals surface area contributed by atoms with E-state index in [2.05, 4.69) is 43.2 Å². The normalized spacial score (nSPS) is 9.80. The van der Waals surface area contributed by atoms with Crippen molar-refractivity contribution in [1.82, 2.24) is 0 Å². The average Bonchev–Trinajstić information content (AvgIpc) is 2.04. The summed E-state index contributed by atoms with van der Waals surface area (Å²) in [6.45, 7) is 2.21. The molecule has 0 saturated heterocycles. The average molecular weight is 392 g/mol. The molecule has 0 fully saturated rings. The van der Waals surface area contributed by atoms with E-state index in [9.17, 15) is 0 Å².